The van der Waals surface area contributed by atoms with Crippen LogP contribution in [0.5, 0.6) is 0 Å². The van der Waals surface area contributed by atoms with E-state index in [9.17, 15) is 9.59 Å². The maximum Gasteiger partial charge on any atom is 0.341 e. The van der Waals surface area contributed by atoms with Crippen LogP contribution in [0.1, 0.15) is 25.8 Å². The summed E-state index contributed by atoms with van der Waals surface area (Å²) in [4.78, 5) is 25.5. The quantitative estimate of drug-likeness (QED) is 0.716. The van der Waals surface area contributed by atoms with Crippen molar-refractivity contribution in [3.8, 4) is 11.1 Å². The molecule has 6 heteroatoms. The fourth-order valence-electron chi connectivity index (χ4n) is 2.45. The average molecular weight is 341 g/mol. The van der Waals surface area contributed by atoms with E-state index in [0.717, 1.165) is 16.0 Å². The summed E-state index contributed by atoms with van der Waals surface area (Å²) in [6, 6.07) is 12.7. The van der Waals surface area contributed by atoms with Crippen LogP contribution < -0.4 is 5.32 Å². The van der Waals surface area contributed by atoms with Crippen molar-refractivity contribution >= 4 is 28.2 Å². The van der Waals surface area contributed by atoms with Gasteiger partial charge in [0.1, 0.15) is 10.6 Å². The highest BCUT2D eigenvalue weighted by Crippen LogP contribution is 2.40. The van der Waals surface area contributed by atoms with E-state index in [1.807, 2.05) is 37.3 Å². The van der Waals surface area contributed by atoms with E-state index in [-0.39, 0.29) is 5.76 Å². The zero-order valence-corrected chi connectivity index (χ0v) is 14.0. The standard InChI is InChI=1S/C18H15NO4S/c1-11-14(12-7-4-3-5-8-12)15(18(21)22-2)17(24-11)19-16(20)13-9-6-10-23-13/h3-10H,1-2H3,(H,19,20). The molecule has 0 bridgehead atoms. The van der Waals surface area contributed by atoms with Gasteiger partial charge in [0.25, 0.3) is 5.91 Å². The number of hydrogen-bond donors (Lipinski definition) is 1. The summed E-state index contributed by atoms with van der Waals surface area (Å²) in [6.45, 7) is 1.90. The van der Waals surface area contributed by atoms with Crippen molar-refractivity contribution in [3.63, 3.8) is 0 Å². The molecule has 3 aromatic rings. The average Bonchev–Trinajstić information content (AvgIpc) is 3.23. The zero-order valence-electron chi connectivity index (χ0n) is 13.2. The number of anilines is 1. The molecule has 1 aromatic carbocycles. The molecule has 2 aromatic heterocycles. The van der Waals surface area contributed by atoms with Crippen molar-refractivity contribution in [3.05, 3.63) is 64.9 Å². The lowest BCUT2D eigenvalue weighted by molar-refractivity contribution is 0.0603. The second-order valence-corrected chi connectivity index (χ2v) is 6.25. The van der Waals surface area contributed by atoms with E-state index in [2.05, 4.69) is 5.32 Å². The van der Waals surface area contributed by atoms with Crippen molar-refractivity contribution in [1.82, 2.24) is 0 Å². The number of aryl methyl sites for hydroxylation is 1. The maximum absolute atomic E-state index is 12.3. The minimum Gasteiger partial charge on any atom is -0.465 e. The maximum atomic E-state index is 12.3. The van der Waals surface area contributed by atoms with Crippen LogP contribution >= 0.6 is 11.3 Å². The molecule has 0 saturated heterocycles. The number of methoxy groups -OCH3 is 1. The van der Waals surface area contributed by atoms with Gasteiger partial charge in [0.05, 0.1) is 13.4 Å². The van der Waals surface area contributed by atoms with Crippen molar-refractivity contribution in [1.29, 1.82) is 0 Å². The van der Waals surface area contributed by atoms with E-state index in [4.69, 9.17) is 9.15 Å². The predicted octanol–water partition coefficient (Wildman–Crippen LogP) is 4.36. The molecule has 1 amide bonds. The Labute approximate surface area is 142 Å². The van der Waals surface area contributed by atoms with Gasteiger partial charge in [0.2, 0.25) is 0 Å². The van der Waals surface area contributed by atoms with Crippen LogP contribution in [0.4, 0.5) is 5.00 Å². The number of carbonyl (C=O) groups is 2. The second kappa shape index (κ2) is 6.72. The number of rotatable bonds is 4. The number of nitrogens with one attached hydrogen (secondary N) is 1. The van der Waals surface area contributed by atoms with Gasteiger partial charge in [-0.1, -0.05) is 30.3 Å². The van der Waals surface area contributed by atoms with E-state index < -0.39 is 11.9 Å². The predicted molar refractivity (Wildman–Crippen MR) is 92.5 cm³/mol. The Morgan fingerprint density at radius 3 is 2.50 bits per heavy atom. The molecule has 1 N–H and O–H groups in total. The molecular formula is C18H15NO4S. The van der Waals surface area contributed by atoms with Crippen LogP contribution in [0.3, 0.4) is 0 Å². The summed E-state index contributed by atoms with van der Waals surface area (Å²) in [7, 11) is 1.32. The second-order valence-electron chi connectivity index (χ2n) is 5.03. The SMILES string of the molecule is COC(=O)c1c(NC(=O)c2ccco2)sc(C)c1-c1ccccc1. The van der Waals surface area contributed by atoms with Gasteiger partial charge < -0.3 is 14.5 Å². The molecular weight excluding hydrogens is 326 g/mol. The normalized spacial score (nSPS) is 10.4. The molecule has 0 unspecified atom stereocenters. The molecule has 24 heavy (non-hydrogen) atoms. The number of benzene rings is 1. The highest BCUT2D eigenvalue weighted by atomic mass is 32.1. The Hall–Kier alpha value is -2.86. The van der Waals surface area contributed by atoms with Gasteiger partial charge in [-0.2, -0.15) is 0 Å². The van der Waals surface area contributed by atoms with Gasteiger partial charge in [-0.15, -0.1) is 11.3 Å². The lowest BCUT2D eigenvalue weighted by Gasteiger charge is -2.07. The van der Waals surface area contributed by atoms with Gasteiger partial charge in [-0.05, 0) is 24.6 Å². The fourth-order valence-corrected chi connectivity index (χ4v) is 3.51. The first-order chi connectivity index (χ1) is 11.6. The van der Waals surface area contributed by atoms with Crippen LogP contribution in [-0.2, 0) is 4.74 Å². The summed E-state index contributed by atoms with van der Waals surface area (Å²) in [5.74, 6) is -0.725. The summed E-state index contributed by atoms with van der Waals surface area (Å²) in [5.41, 5.74) is 2.01. The van der Waals surface area contributed by atoms with Crippen LogP contribution in [0, 0.1) is 6.92 Å². The largest absolute Gasteiger partial charge is 0.465 e. The monoisotopic (exact) mass is 341 g/mol. The number of furan rings is 1. The molecule has 0 radical (unpaired) electrons. The number of thiophene rings is 1. The van der Waals surface area contributed by atoms with Crippen molar-refractivity contribution in [2.24, 2.45) is 0 Å². The van der Waals surface area contributed by atoms with E-state index >= 15 is 0 Å². The summed E-state index contributed by atoms with van der Waals surface area (Å²) >= 11 is 1.33. The third-order valence-corrected chi connectivity index (χ3v) is 4.53. The highest BCUT2D eigenvalue weighted by Gasteiger charge is 2.25. The zero-order chi connectivity index (χ0) is 17.1. The minimum atomic E-state index is -0.493. The van der Waals surface area contributed by atoms with Crippen LogP contribution in [0.15, 0.2) is 53.1 Å². The Morgan fingerprint density at radius 2 is 1.88 bits per heavy atom. The van der Waals surface area contributed by atoms with Crippen molar-refractivity contribution < 1.29 is 18.7 Å². The molecule has 122 valence electrons. The first-order valence-electron chi connectivity index (χ1n) is 7.23. The first-order valence-corrected chi connectivity index (χ1v) is 8.05. The highest BCUT2D eigenvalue weighted by molar-refractivity contribution is 7.17. The van der Waals surface area contributed by atoms with Gasteiger partial charge in [0.15, 0.2) is 5.76 Å². The molecule has 2 heterocycles. The fraction of sp³-hybridized carbons (Fsp3) is 0.111. The Bertz CT molecular complexity index is 866. The molecule has 0 fully saturated rings. The van der Waals surface area contributed by atoms with E-state index in [0.29, 0.717) is 10.6 Å². The number of carbonyl (C=O) groups excluding carboxylic acids is 2. The molecule has 3 rings (SSSR count). The van der Waals surface area contributed by atoms with Gasteiger partial charge in [-0.3, -0.25) is 4.79 Å². The smallest absolute Gasteiger partial charge is 0.341 e. The Balaban J connectivity index is 2.07. The summed E-state index contributed by atoms with van der Waals surface area (Å²) < 4.78 is 10.0. The topological polar surface area (TPSA) is 68.5 Å². The first kappa shape index (κ1) is 16.0. The van der Waals surface area contributed by atoms with Crippen LogP contribution in [-0.4, -0.2) is 19.0 Å². The Morgan fingerprint density at radius 1 is 1.12 bits per heavy atom. The van der Waals surface area contributed by atoms with Crippen molar-refractivity contribution in [2.45, 2.75) is 6.92 Å². The molecule has 5 nitrogen and oxygen atoms in total. The molecule has 0 saturated carbocycles. The summed E-state index contributed by atoms with van der Waals surface area (Å²) in [5, 5.41) is 3.19. The number of esters is 1. The number of hydrogen-bond acceptors (Lipinski definition) is 5. The van der Waals surface area contributed by atoms with Gasteiger partial charge in [-0.25, -0.2) is 4.79 Å². The van der Waals surface area contributed by atoms with Gasteiger partial charge >= 0.3 is 5.97 Å². The third kappa shape index (κ3) is 2.96. The van der Waals surface area contributed by atoms with Crippen molar-refractivity contribution in [2.75, 3.05) is 12.4 Å². The molecule has 0 atom stereocenters. The van der Waals surface area contributed by atoms with E-state index in [1.165, 1.54) is 24.7 Å². The lowest BCUT2D eigenvalue weighted by atomic mass is 10.0. The van der Waals surface area contributed by atoms with E-state index in [1.54, 1.807) is 12.1 Å². The lowest BCUT2D eigenvalue weighted by Crippen LogP contribution is -2.13. The number of ether oxygens (including phenoxy) is 1. The Kier molecular flexibility index (Phi) is 4.48. The molecule has 0 aliphatic carbocycles. The van der Waals surface area contributed by atoms with Crippen LogP contribution in [0.2, 0.25) is 0 Å². The third-order valence-electron chi connectivity index (χ3n) is 3.51. The van der Waals surface area contributed by atoms with Gasteiger partial charge in [0, 0.05) is 10.4 Å². The van der Waals surface area contributed by atoms with Crippen LogP contribution in [0.25, 0.3) is 11.1 Å². The molecule has 0 aliphatic rings. The minimum absolute atomic E-state index is 0.179. The molecule has 0 spiro atoms. The number of amides is 1. The molecule has 0 aliphatic heterocycles. The summed E-state index contributed by atoms with van der Waals surface area (Å²) in [6.07, 6.45) is 1.42.